The average Bonchev–Trinajstić information content (AvgIpc) is 2.50. The first-order valence-corrected chi connectivity index (χ1v) is 6.81. The van der Waals surface area contributed by atoms with E-state index in [0.29, 0.717) is 12.1 Å². The summed E-state index contributed by atoms with van der Waals surface area (Å²) in [5, 5.41) is 3.02. The van der Waals surface area contributed by atoms with E-state index in [1.165, 1.54) is 30.9 Å². The molecule has 2 aromatic heterocycles. The SMILES string of the molecule is CCCCNC(=O)c1cnc2c(c1)c(=O)n(C)c(=O)n2C. The summed E-state index contributed by atoms with van der Waals surface area (Å²) in [6.07, 6.45) is 3.25. The second-order valence-electron chi connectivity index (χ2n) is 4.91. The molecule has 7 nitrogen and oxygen atoms in total. The van der Waals surface area contributed by atoms with Gasteiger partial charge < -0.3 is 5.32 Å². The summed E-state index contributed by atoms with van der Waals surface area (Å²) in [4.78, 5) is 40.0. The molecule has 2 heterocycles. The van der Waals surface area contributed by atoms with Gasteiger partial charge in [-0.05, 0) is 12.5 Å². The van der Waals surface area contributed by atoms with Crippen LogP contribution in [0.15, 0.2) is 21.9 Å². The first kappa shape index (κ1) is 15.0. The molecule has 112 valence electrons. The number of nitrogens with one attached hydrogen (secondary N) is 1. The lowest BCUT2D eigenvalue weighted by Gasteiger charge is -2.08. The topological polar surface area (TPSA) is 86.0 Å². The zero-order chi connectivity index (χ0) is 15.6. The number of amides is 1. The van der Waals surface area contributed by atoms with Gasteiger partial charge in [-0.1, -0.05) is 13.3 Å². The van der Waals surface area contributed by atoms with Crippen molar-refractivity contribution in [3.8, 4) is 0 Å². The number of pyridine rings is 1. The quantitative estimate of drug-likeness (QED) is 0.813. The molecular formula is C14H18N4O3. The number of rotatable bonds is 4. The zero-order valence-electron chi connectivity index (χ0n) is 12.3. The molecule has 0 aliphatic carbocycles. The highest BCUT2D eigenvalue weighted by molar-refractivity contribution is 5.96. The lowest BCUT2D eigenvalue weighted by Crippen LogP contribution is -2.37. The second-order valence-corrected chi connectivity index (χ2v) is 4.91. The first-order valence-electron chi connectivity index (χ1n) is 6.81. The lowest BCUT2D eigenvalue weighted by molar-refractivity contribution is 0.0953. The Morgan fingerprint density at radius 3 is 2.67 bits per heavy atom. The van der Waals surface area contributed by atoms with Crippen molar-refractivity contribution in [2.75, 3.05) is 6.54 Å². The van der Waals surface area contributed by atoms with Gasteiger partial charge in [-0.2, -0.15) is 0 Å². The van der Waals surface area contributed by atoms with Crippen LogP contribution in [-0.4, -0.2) is 26.6 Å². The minimum Gasteiger partial charge on any atom is -0.352 e. The van der Waals surface area contributed by atoms with E-state index >= 15 is 0 Å². The third kappa shape index (κ3) is 2.72. The van der Waals surface area contributed by atoms with Crippen LogP contribution in [0.1, 0.15) is 30.1 Å². The van der Waals surface area contributed by atoms with E-state index < -0.39 is 11.2 Å². The molecule has 1 amide bonds. The molecule has 0 aliphatic rings. The van der Waals surface area contributed by atoms with Gasteiger partial charge in [0.25, 0.3) is 11.5 Å². The van der Waals surface area contributed by atoms with E-state index in [2.05, 4.69) is 10.3 Å². The van der Waals surface area contributed by atoms with Crippen molar-refractivity contribution in [2.45, 2.75) is 19.8 Å². The maximum Gasteiger partial charge on any atom is 0.332 e. The monoisotopic (exact) mass is 290 g/mol. The van der Waals surface area contributed by atoms with E-state index in [9.17, 15) is 14.4 Å². The van der Waals surface area contributed by atoms with Crippen LogP contribution in [0, 0.1) is 0 Å². The Hall–Kier alpha value is -2.44. The van der Waals surface area contributed by atoms with Gasteiger partial charge >= 0.3 is 5.69 Å². The summed E-state index contributed by atoms with van der Waals surface area (Å²) in [5.74, 6) is -0.270. The Kier molecular flexibility index (Phi) is 4.21. The van der Waals surface area contributed by atoms with Crippen LogP contribution in [0.2, 0.25) is 0 Å². The summed E-state index contributed by atoms with van der Waals surface area (Å²) in [6, 6.07) is 1.48. The molecule has 7 heteroatoms. The molecule has 0 saturated carbocycles. The molecule has 0 radical (unpaired) electrons. The summed E-state index contributed by atoms with van der Waals surface area (Å²) in [7, 11) is 2.94. The van der Waals surface area contributed by atoms with Gasteiger partial charge in [0.05, 0.1) is 10.9 Å². The predicted octanol–water partition coefficient (Wildman–Crippen LogP) is 0.162. The Morgan fingerprint density at radius 1 is 1.29 bits per heavy atom. The number of carbonyl (C=O) groups is 1. The highest BCUT2D eigenvalue weighted by Crippen LogP contribution is 2.07. The third-order valence-corrected chi connectivity index (χ3v) is 3.37. The number of nitrogens with zero attached hydrogens (tertiary/aromatic N) is 3. The maximum atomic E-state index is 12.1. The van der Waals surface area contributed by atoms with Crippen molar-refractivity contribution in [3.05, 3.63) is 38.7 Å². The van der Waals surface area contributed by atoms with E-state index in [-0.39, 0.29) is 16.9 Å². The van der Waals surface area contributed by atoms with Gasteiger partial charge in [-0.3, -0.25) is 18.7 Å². The van der Waals surface area contributed by atoms with Crippen LogP contribution in [0.3, 0.4) is 0 Å². The minimum atomic E-state index is -0.455. The molecule has 0 spiro atoms. The molecule has 0 unspecified atom stereocenters. The van der Waals surface area contributed by atoms with Gasteiger partial charge in [0, 0.05) is 26.8 Å². The molecule has 1 N–H and O–H groups in total. The van der Waals surface area contributed by atoms with Crippen LogP contribution in [0.4, 0.5) is 0 Å². The van der Waals surface area contributed by atoms with Gasteiger partial charge in [-0.25, -0.2) is 9.78 Å². The van der Waals surface area contributed by atoms with Gasteiger partial charge in [-0.15, -0.1) is 0 Å². The van der Waals surface area contributed by atoms with Crippen LogP contribution < -0.4 is 16.6 Å². The van der Waals surface area contributed by atoms with Gasteiger partial charge in [0.1, 0.15) is 5.65 Å². The Morgan fingerprint density at radius 2 is 2.00 bits per heavy atom. The second kappa shape index (κ2) is 5.90. The van der Waals surface area contributed by atoms with Crippen LogP contribution in [0.25, 0.3) is 11.0 Å². The van der Waals surface area contributed by atoms with Gasteiger partial charge in [0.15, 0.2) is 0 Å². The lowest BCUT2D eigenvalue weighted by atomic mass is 10.2. The van der Waals surface area contributed by atoms with Crippen LogP contribution in [0.5, 0.6) is 0 Å². The summed E-state index contributed by atoms with van der Waals surface area (Å²) < 4.78 is 2.29. The van der Waals surface area contributed by atoms with Crippen LogP contribution in [-0.2, 0) is 14.1 Å². The summed E-state index contributed by atoms with van der Waals surface area (Å²) >= 11 is 0. The minimum absolute atomic E-state index is 0.253. The number of hydrogen-bond donors (Lipinski definition) is 1. The molecule has 21 heavy (non-hydrogen) atoms. The van der Waals surface area contributed by atoms with E-state index in [0.717, 1.165) is 17.4 Å². The Bertz CT molecular complexity index is 804. The van der Waals surface area contributed by atoms with E-state index in [1.54, 1.807) is 0 Å². The normalized spacial score (nSPS) is 10.8. The number of carbonyl (C=O) groups excluding carboxylic acids is 1. The molecule has 0 fully saturated rings. The molecular weight excluding hydrogens is 272 g/mol. The smallest absolute Gasteiger partial charge is 0.332 e. The molecule has 2 aromatic rings. The largest absolute Gasteiger partial charge is 0.352 e. The van der Waals surface area contributed by atoms with E-state index in [4.69, 9.17) is 0 Å². The van der Waals surface area contributed by atoms with Crippen molar-refractivity contribution in [2.24, 2.45) is 14.1 Å². The number of aromatic nitrogens is 3. The fraction of sp³-hybridized carbons (Fsp3) is 0.429. The van der Waals surface area contributed by atoms with Gasteiger partial charge in [0.2, 0.25) is 0 Å². The van der Waals surface area contributed by atoms with Crippen molar-refractivity contribution in [1.82, 2.24) is 19.4 Å². The highest BCUT2D eigenvalue weighted by Gasteiger charge is 2.13. The molecule has 0 aromatic carbocycles. The molecule has 0 atom stereocenters. The summed E-state index contributed by atoms with van der Waals surface area (Å²) in [5.41, 5.74) is -0.313. The number of unbranched alkanes of at least 4 members (excludes halogenated alkanes) is 1. The molecule has 0 aliphatic heterocycles. The first-order chi connectivity index (χ1) is 9.97. The standard InChI is InChI=1S/C14H18N4O3/c1-4-5-6-15-12(19)9-7-10-11(16-8-9)17(2)14(21)18(3)13(10)20/h7-8H,4-6H2,1-3H3,(H,15,19). The fourth-order valence-corrected chi connectivity index (χ4v) is 2.07. The molecule has 2 rings (SSSR count). The van der Waals surface area contributed by atoms with E-state index in [1.807, 2.05) is 6.92 Å². The Labute approximate surface area is 121 Å². The maximum absolute atomic E-state index is 12.1. The Balaban J connectivity index is 2.50. The summed E-state index contributed by atoms with van der Waals surface area (Å²) in [6.45, 7) is 2.62. The fourth-order valence-electron chi connectivity index (χ4n) is 2.07. The van der Waals surface area contributed by atoms with Crippen LogP contribution >= 0.6 is 0 Å². The number of hydrogen-bond acceptors (Lipinski definition) is 4. The predicted molar refractivity (Wildman–Crippen MR) is 79.5 cm³/mol. The zero-order valence-corrected chi connectivity index (χ0v) is 12.3. The highest BCUT2D eigenvalue weighted by atomic mass is 16.2. The third-order valence-electron chi connectivity index (χ3n) is 3.37. The van der Waals surface area contributed by atoms with Crippen molar-refractivity contribution >= 4 is 16.9 Å². The van der Waals surface area contributed by atoms with Crippen molar-refractivity contribution in [1.29, 1.82) is 0 Å². The molecule has 0 bridgehead atoms. The average molecular weight is 290 g/mol. The molecule has 0 saturated heterocycles. The number of aryl methyl sites for hydroxylation is 1. The van der Waals surface area contributed by atoms with Crippen molar-refractivity contribution in [3.63, 3.8) is 0 Å². The number of fused-ring (bicyclic) bond motifs is 1. The van der Waals surface area contributed by atoms with Crippen molar-refractivity contribution < 1.29 is 4.79 Å².